The molecule has 5 heteroatoms. The number of carboxylic acids is 1. The van der Waals surface area contributed by atoms with Crippen molar-refractivity contribution < 1.29 is 19.4 Å². The monoisotopic (exact) mass is 271 g/mol. The van der Waals surface area contributed by atoms with E-state index in [1.165, 1.54) is 0 Å². The third kappa shape index (κ3) is 4.49. The van der Waals surface area contributed by atoms with Crippen molar-refractivity contribution in [3.05, 3.63) is 0 Å². The minimum absolute atomic E-state index is 0.103. The first-order chi connectivity index (χ1) is 8.82. The van der Waals surface area contributed by atoms with Crippen LogP contribution in [0.4, 0.5) is 0 Å². The summed E-state index contributed by atoms with van der Waals surface area (Å²) in [4.78, 5) is 23.4. The first kappa shape index (κ1) is 16.0. The van der Waals surface area contributed by atoms with E-state index in [-0.39, 0.29) is 29.8 Å². The Morgan fingerprint density at radius 1 is 1.32 bits per heavy atom. The van der Waals surface area contributed by atoms with E-state index in [1.807, 2.05) is 27.7 Å². The lowest BCUT2D eigenvalue weighted by Gasteiger charge is -2.24. The molecule has 1 saturated heterocycles. The van der Waals surface area contributed by atoms with Crippen LogP contribution in [0.15, 0.2) is 0 Å². The summed E-state index contributed by atoms with van der Waals surface area (Å²) in [7, 11) is 0. The molecule has 1 amide bonds. The van der Waals surface area contributed by atoms with Gasteiger partial charge in [0.2, 0.25) is 5.91 Å². The van der Waals surface area contributed by atoms with Crippen LogP contribution >= 0.6 is 0 Å². The summed E-state index contributed by atoms with van der Waals surface area (Å²) < 4.78 is 5.56. The Kier molecular flexibility index (Phi) is 5.79. The molecule has 0 bridgehead atoms. The van der Waals surface area contributed by atoms with E-state index in [2.05, 4.69) is 5.32 Å². The fraction of sp³-hybridized carbons (Fsp3) is 0.857. The SMILES string of the molecule is CC(C)C[C@@H](NC(=O)C1CCOC1C(C)C)C(=O)O. The van der Waals surface area contributed by atoms with Crippen molar-refractivity contribution in [2.24, 2.45) is 17.8 Å². The first-order valence-electron chi connectivity index (χ1n) is 6.97. The highest BCUT2D eigenvalue weighted by Gasteiger charge is 2.37. The molecule has 0 aromatic carbocycles. The van der Waals surface area contributed by atoms with Gasteiger partial charge in [0.25, 0.3) is 0 Å². The Morgan fingerprint density at radius 3 is 2.42 bits per heavy atom. The predicted octanol–water partition coefficient (Wildman–Crippen LogP) is 1.66. The molecule has 110 valence electrons. The van der Waals surface area contributed by atoms with Crippen molar-refractivity contribution in [1.29, 1.82) is 0 Å². The molecule has 2 unspecified atom stereocenters. The Balaban J connectivity index is 2.63. The average molecular weight is 271 g/mol. The lowest BCUT2D eigenvalue weighted by molar-refractivity contribution is -0.143. The zero-order chi connectivity index (χ0) is 14.6. The van der Waals surface area contributed by atoms with E-state index in [0.29, 0.717) is 19.4 Å². The molecular weight excluding hydrogens is 246 g/mol. The van der Waals surface area contributed by atoms with Gasteiger partial charge in [-0.25, -0.2) is 4.79 Å². The van der Waals surface area contributed by atoms with Gasteiger partial charge in [-0.05, 0) is 24.7 Å². The van der Waals surface area contributed by atoms with Crippen LogP contribution < -0.4 is 5.32 Å². The van der Waals surface area contributed by atoms with E-state index in [1.54, 1.807) is 0 Å². The molecule has 2 N–H and O–H groups in total. The summed E-state index contributed by atoms with van der Waals surface area (Å²) in [6.07, 6.45) is 1.01. The number of aliphatic carboxylic acids is 1. The van der Waals surface area contributed by atoms with Crippen molar-refractivity contribution >= 4 is 11.9 Å². The third-order valence-corrected chi connectivity index (χ3v) is 3.45. The molecule has 19 heavy (non-hydrogen) atoms. The Bertz CT molecular complexity index is 327. The van der Waals surface area contributed by atoms with Crippen LogP contribution in [-0.2, 0) is 14.3 Å². The second-order valence-corrected chi connectivity index (χ2v) is 6.00. The van der Waals surface area contributed by atoms with Crippen molar-refractivity contribution in [3.63, 3.8) is 0 Å². The highest BCUT2D eigenvalue weighted by atomic mass is 16.5. The molecule has 1 fully saturated rings. The van der Waals surface area contributed by atoms with Crippen molar-refractivity contribution in [1.82, 2.24) is 5.32 Å². The number of rotatable bonds is 6. The summed E-state index contributed by atoms with van der Waals surface area (Å²) in [5, 5.41) is 11.8. The van der Waals surface area contributed by atoms with Crippen molar-refractivity contribution in [2.45, 2.75) is 52.7 Å². The Hall–Kier alpha value is -1.10. The predicted molar refractivity (Wildman–Crippen MR) is 71.7 cm³/mol. The zero-order valence-corrected chi connectivity index (χ0v) is 12.2. The van der Waals surface area contributed by atoms with Gasteiger partial charge in [-0.15, -0.1) is 0 Å². The fourth-order valence-electron chi connectivity index (χ4n) is 2.52. The molecule has 1 heterocycles. The highest BCUT2D eigenvalue weighted by molar-refractivity contribution is 5.85. The molecule has 0 aromatic rings. The summed E-state index contributed by atoms with van der Waals surface area (Å²) in [5.74, 6) is -0.908. The van der Waals surface area contributed by atoms with Gasteiger partial charge in [-0.2, -0.15) is 0 Å². The number of carbonyl (C=O) groups excluding carboxylic acids is 1. The van der Waals surface area contributed by atoms with Gasteiger partial charge in [0.15, 0.2) is 0 Å². The second-order valence-electron chi connectivity index (χ2n) is 6.00. The molecule has 1 aliphatic rings. The van der Waals surface area contributed by atoms with Gasteiger partial charge in [0.05, 0.1) is 12.0 Å². The molecule has 0 radical (unpaired) electrons. The number of hydrogen-bond acceptors (Lipinski definition) is 3. The molecule has 0 aromatic heterocycles. The summed E-state index contributed by atoms with van der Waals surface area (Å²) in [6, 6.07) is -0.805. The van der Waals surface area contributed by atoms with Crippen molar-refractivity contribution in [2.75, 3.05) is 6.61 Å². The number of hydrogen-bond donors (Lipinski definition) is 2. The van der Waals surface area contributed by atoms with Crippen LogP contribution in [0.25, 0.3) is 0 Å². The van der Waals surface area contributed by atoms with Crippen LogP contribution in [-0.4, -0.2) is 35.7 Å². The van der Waals surface area contributed by atoms with E-state index < -0.39 is 12.0 Å². The van der Waals surface area contributed by atoms with E-state index in [4.69, 9.17) is 9.84 Å². The molecule has 3 atom stereocenters. The maximum Gasteiger partial charge on any atom is 0.326 e. The van der Waals surface area contributed by atoms with Gasteiger partial charge in [-0.3, -0.25) is 4.79 Å². The highest BCUT2D eigenvalue weighted by Crippen LogP contribution is 2.27. The van der Waals surface area contributed by atoms with Gasteiger partial charge in [-0.1, -0.05) is 27.7 Å². The second kappa shape index (κ2) is 6.89. The largest absolute Gasteiger partial charge is 0.480 e. The van der Waals surface area contributed by atoms with Gasteiger partial charge < -0.3 is 15.2 Å². The molecule has 0 aliphatic carbocycles. The molecule has 0 saturated carbocycles. The van der Waals surface area contributed by atoms with E-state index >= 15 is 0 Å². The van der Waals surface area contributed by atoms with Gasteiger partial charge >= 0.3 is 5.97 Å². The van der Waals surface area contributed by atoms with E-state index in [9.17, 15) is 9.59 Å². The fourth-order valence-corrected chi connectivity index (χ4v) is 2.52. The smallest absolute Gasteiger partial charge is 0.326 e. The van der Waals surface area contributed by atoms with Gasteiger partial charge in [0.1, 0.15) is 6.04 Å². The Labute approximate surface area is 114 Å². The minimum Gasteiger partial charge on any atom is -0.480 e. The van der Waals surface area contributed by atoms with Crippen molar-refractivity contribution in [3.8, 4) is 0 Å². The van der Waals surface area contributed by atoms with Gasteiger partial charge in [0, 0.05) is 6.61 Å². The summed E-state index contributed by atoms with van der Waals surface area (Å²) >= 11 is 0. The zero-order valence-electron chi connectivity index (χ0n) is 12.2. The number of amides is 1. The average Bonchev–Trinajstić information content (AvgIpc) is 2.76. The lowest BCUT2D eigenvalue weighted by atomic mass is 9.91. The maximum atomic E-state index is 12.2. The molecule has 5 nitrogen and oxygen atoms in total. The maximum absolute atomic E-state index is 12.2. The van der Waals surface area contributed by atoms with Crippen LogP contribution in [0.5, 0.6) is 0 Å². The molecule has 1 rings (SSSR count). The third-order valence-electron chi connectivity index (χ3n) is 3.45. The number of carbonyl (C=O) groups is 2. The van der Waals surface area contributed by atoms with E-state index in [0.717, 1.165) is 0 Å². The van der Waals surface area contributed by atoms with Crippen LogP contribution in [0.3, 0.4) is 0 Å². The normalized spacial score (nSPS) is 24.7. The van der Waals surface area contributed by atoms with Crippen LogP contribution in [0.1, 0.15) is 40.5 Å². The molecule has 1 aliphatic heterocycles. The number of carboxylic acid groups (broad SMARTS) is 1. The minimum atomic E-state index is -0.970. The van der Waals surface area contributed by atoms with Crippen LogP contribution in [0.2, 0.25) is 0 Å². The molecular formula is C14H25NO4. The summed E-state index contributed by atoms with van der Waals surface area (Å²) in [6.45, 7) is 8.48. The quantitative estimate of drug-likeness (QED) is 0.770. The first-order valence-corrected chi connectivity index (χ1v) is 6.97. The topological polar surface area (TPSA) is 75.6 Å². The summed E-state index contributed by atoms with van der Waals surface area (Å²) in [5.41, 5.74) is 0. The number of ether oxygens (including phenoxy) is 1. The lowest BCUT2D eigenvalue weighted by Crippen LogP contribution is -2.46. The molecule has 0 spiro atoms. The Morgan fingerprint density at radius 2 is 1.95 bits per heavy atom. The van der Waals surface area contributed by atoms with Crippen LogP contribution in [0, 0.1) is 17.8 Å². The standard InChI is InChI=1S/C14H25NO4/c1-8(2)7-11(14(17)18)15-13(16)10-5-6-19-12(10)9(3)4/h8-12H,5-7H2,1-4H3,(H,15,16)(H,17,18)/t10?,11-,12?/m1/s1. The number of nitrogens with one attached hydrogen (secondary N) is 1.